The predicted molar refractivity (Wildman–Crippen MR) is 91.3 cm³/mol. The van der Waals surface area contributed by atoms with E-state index < -0.39 is 0 Å². The molecule has 1 aliphatic heterocycles. The van der Waals surface area contributed by atoms with Crippen LogP contribution in [0.15, 0.2) is 24.8 Å². The molecule has 8 nitrogen and oxygen atoms in total. The number of piperidine rings is 1. The number of hydrogen-bond donors (Lipinski definition) is 1. The third kappa shape index (κ3) is 2.88. The van der Waals surface area contributed by atoms with Gasteiger partial charge in [0, 0.05) is 31.4 Å². The van der Waals surface area contributed by atoms with Gasteiger partial charge in [0.25, 0.3) is 11.7 Å². The average molecular weight is 339 g/mol. The number of nitrogens with one attached hydrogen (secondary N) is 1. The van der Waals surface area contributed by atoms with Gasteiger partial charge in [-0.05, 0) is 24.8 Å². The normalized spacial score (nSPS) is 18.2. The summed E-state index contributed by atoms with van der Waals surface area (Å²) in [6, 6.07) is 1.84. The molecule has 1 N–H and O–H groups in total. The number of carbonyl (C=O) groups excluding carboxylic acids is 1. The molecule has 0 aliphatic carbocycles. The Morgan fingerprint density at radius 3 is 3.00 bits per heavy atom. The molecular weight excluding hydrogens is 318 g/mol. The molecule has 0 bridgehead atoms. The minimum Gasteiger partial charge on any atom is -0.348 e. The lowest BCUT2D eigenvalue weighted by Crippen LogP contribution is -2.39. The topological polar surface area (TPSA) is 92.1 Å². The van der Waals surface area contributed by atoms with Crippen LogP contribution >= 0.6 is 0 Å². The second kappa shape index (κ2) is 6.27. The van der Waals surface area contributed by atoms with E-state index in [9.17, 15) is 4.79 Å². The van der Waals surface area contributed by atoms with E-state index >= 15 is 0 Å². The van der Waals surface area contributed by atoms with Crippen molar-refractivity contribution in [3.05, 3.63) is 42.0 Å². The van der Waals surface area contributed by atoms with E-state index in [-0.39, 0.29) is 17.7 Å². The summed E-state index contributed by atoms with van der Waals surface area (Å²) < 4.78 is 1.70. The van der Waals surface area contributed by atoms with Crippen molar-refractivity contribution in [2.75, 3.05) is 13.1 Å². The van der Waals surface area contributed by atoms with Crippen molar-refractivity contribution in [3.63, 3.8) is 0 Å². The summed E-state index contributed by atoms with van der Waals surface area (Å²) in [4.78, 5) is 31.0. The van der Waals surface area contributed by atoms with Crippen LogP contribution in [0.3, 0.4) is 0 Å². The Morgan fingerprint density at radius 1 is 1.36 bits per heavy atom. The number of aromatic nitrogens is 6. The number of H-pyrrole nitrogens is 1. The van der Waals surface area contributed by atoms with Crippen molar-refractivity contribution in [2.24, 2.45) is 0 Å². The van der Waals surface area contributed by atoms with Gasteiger partial charge >= 0.3 is 0 Å². The molecule has 8 heteroatoms. The van der Waals surface area contributed by atoms with Crippen molar-refractivity contribution >= 4 is 11.7 Å². The Labute approximate surface area is 145 Å². The second-order valence-corrected chi connectivity index (χ2v) is 6.76. The van der Waals surface area contributed by atoms with Crippen LogP contribution in [0, 0.1) is 0 Å². The molecule has 4 heterocycles. The molecule has 0 saturated carbocycles. The molecule has 0 spiro atoms. The van der Waals surface area contributed by atoms with Gasteiger partial charge in [-0.2, -0.15) is 10.1 Å². The molecule has 1 saturated heterocycles. The number of carbonyl (C=O) groups is 1. The molecule has 1 amide bonds. The van der Waals surface area contributed by atoms with Crippen molar-refractivity contribution in [2.45, 2.75) is 38.5 Å². The van der Waals surface area contributed by atoms with E-state index in [1.165, 1.54) is 6.33 Å². The summed E-state index contributed by atoms with van der Waals surface area (Å²) in [6.45, 7) is 5.53. The molecule has 0 radical (unpaired) electrons. The molecule has 4 rings (SSSR count). The maximum absolute atomic E-state index is 13.0. The smallest absolute Gasteiger partial charge is 0.272 e. The van der Waals surface area contributed by atoms with Crippen LogP contribution in [-0.4, -0.2) is 53.4 Å². The SMILES string of the molecule is CC(C)c1cc(C(=O)N2CCC[C@@H](c3ncc[nH]3)C2)nc2ncnn12. The molecule has 3 aromatic rings. The fourth-order valence-corrected chi connectivity index (χ4v) is 3.40. The third-order valence-corrected chi connectivity index (χ3v) is 4.70. The van der Waals surface area contributed by atoms with E-state index in [1.807, 2.05) is 17.2 Å². The van der Waals surface area contributed by atoms with E-state index in [2.05, 4.69) is 38.9 Å². The van der Waals surface area contributed by atoms with Gasteiger partial charge in [0.15, 0.2) is 0 Å². The van der Waals surface area contributed by atoms with Crippen molar-refractivity contribution < 1.29 is 4.79 Å². The first-order valence-corrected chi connectivity index (χ1v) is 8.62. The van der Waals surface area contributed by atoms with Gasteiger partial charge in [0.05, 0.1) is 5.69 Å². The van der Waals surface area contributed by atoms with Crippen LogP contribution in [0.5, 0.6) is 0 Å². The number of rotatable bonds is 3. The summed E-state index contributed by atoms with van der Waals surface area (Å²) in [5.74, 6) is 1.82. The van der Waals surface area contributed by atoms with Gasteiger partial charge in [0.2, 0.25) is 0 Å². The quantitative estimate of drug-likeness (QED) is 0.788. The summed E-state index contributed by atoms with van der Waals surface area (Å²) >= 11 is 0. The van der Waals surface area contributed by atoms with Crippen LogP contribution in [0.25, 0.3) is 5.78 Å². The van der Waals surface area contributed by atoms with Gasteiger partial charge in [-0.3, -0.25) is 4.79 Å². The molecule has 25 heavy (non-hydrogen) atoms. The first-order valence-electron chi connectivity index (χ1n) is 8.62. The summed E-state index contributed by atoms with van der Waals surface area (Å²) in [5, 5.41) is 4.20. The number of nitrogens with zero attached hydrogens (tertiary/aromatic N) is 6. The zero-order valence-electron chi connectivity index (χ0n) is 14.4. The van der Waals surface area contributed by atoms with Gasteiger partial charge in [-0.25, -0.2) is 14.5 Å². The van der Waals surface area contributed by atoms with Crippen LogP contribution in [0.2, 0.25) is 0 Å². The zero-order valence-corrected chi connectivity index (χ0v) is 14.4. The van der Waals surface area contributed by atoms with Crippen molar-refractivity contribution in [3.8, 4) is 0 Å². The molecule has 0 unspecified atom stereocenters. The third-order valence-electron chi connectivity index (χ3n) is 4.70. The van der Waals surface area contributed by atoms with Crippen molar-refractivity contribution in [1.29, 1.82) is 0 Å². The van der Waals surface area contributed by atoms with Crippen molar-refractivity contribution in [1.82, 2.24) is 34.4 Å². The lowest BCUT2D eigenvalue weighted by atomic mass is 9.97. The fourth-order valence-electron chi connectivity index (χ4n) is 3.40. The predicted octanol–water partition coefficient (Wildman–Crippen LogP) is 1.99. The average Bonchev–Trinajstić information content (AvgIpc) is 3.31. The molecule has 1 fully saturated rings. The number of aromatic amines is 1. The summed E-state index contributed by atoms with van der Waals surface area (Å²) in [7, 11) is 0. The Morgan fingerprint density at radius 2 is 2.24 bits per heavy atom. The van der Waals surface area contributed by atoms with E-state index in [0.717, 1.165) is 30.9 Å². The maximum atomic E-state index is 13.0. The van der Waals surface area contributed by atoms with Gasteiger partial charge < -0.3 is 9.88 Å². The van der Waals surface area contributed by atoms with Crippen LogP contribution < -0.4 is 0 Å². The van der Waals surface area contributed by atoms with Crippen LogP contribution in [-0.2, 0) is 0 Å². The van der Waals surface area contributed by atoms with Gasteiger partial charge in [-0.15, -0.1) is 0 Å². The Hall–Kier alpha value is -2.77. The van der Waals surface area contributed by atoms with Crippen LogP contribution in [0.4, 0.5) is 0 Å². The minimum atomic E-state index is -0.0522. The number of fused-ring (bicyclic) bond motifs is 1. The van der Waals surface area contributed by atoms with Gasteiger partial charge in [-0.1, -0.05) is 13.8 Å². The van der Waals surface area contributed by atoms with E-state index in [1.54, 1.807) is 10.7 Å². The first-order chi connectivity index (χ1) is 12.1. The minimum absolute atomic E-state index is 0.0522. The fraction of sp³-hybridized carbons (Fsp3) is 0.471. The number of amides is 1. The number of imidazole rings is 1. The molecule has 0 aromatic carbocycles. The molecule has 130 valence electrons. The monoisotopic (exact) mass is 339 g/mol. The summed E-state index contributed by atoms with van der Waals surface area (Å²) in [5.41, 5.74) is 1.37. The molecule has 1 aliphatic rings. The highest BCUT2D eigenvalue weighted by Gasteiger charge is 2.28. The van der Waals surface area contributed by atoms with Gasteiger partial charge in [0.1, 0.15) is 17.8 Å². The molecular formula is C17H21N7O. The lowest BCUT2D eigenvalue weighted by molar-refractivity contribution is 0.0698. The highest BCUT2D eigenvalue weighted by atomic mass is 16.2. The highest BCUT2D eigenvalue weighted by Crippen LogP contribution is 2.25. The Balaban J connectivity index is 1.63. The van der Waals surface area contributed by atoms with Crippen LogP contribution in [0.1, 0.15) is 60.5 Å². The largest absolute Gasteiger partial charge is 0.348 e. The summed E-state index contributed by atoms with van der Waals surface area (Å²) in [6.07, 6.45) is 7.04. The molecule has 1 atom stereocenters. The lowest BCUT2D eigenvalue weighted by Gasteiger charge is -2.31. The van der Waals surface area contributed by atoms with E-state index in [0.29, 0.717) is 18.0 Å². The Kier molecular flexibility index (Phi) is 3.95. The molecule has 3 aromatic heterocycles. The maximum Gasteiger partial charge on any atom is 0.272 e. The second-order valence-electron chi connectivity index (χ2n) is 6.76. The van der Waals surface area contributed by atoms with E-state index in [4.69, 9.17) is 0 Å². The first kappa shape index (κ1) is 15.7. The number of hydrogen-bond acceptors (Lipinski definition) is 5. The number of likely N-dealkylation sites (tertiary alicyclic amines) is 1. The standard InChI is InChI=1S/C17H21N7O/c1-11(2)14-8-13(22-17-20-10-21-24(14)17)16(25)23-7-3-4-12(9-23)15-18-5-6-19-15/h5-6,8,10-12H,3-4,7,9H2,1-2H3,(H,18,19)/t12-/m1/s1. The zero-order chi connectivity index (χ0) is 17.4. The highest BCUT2D eigenvalue weighted by molar-refractivity contribution is 5.93. The Bertz CT molecular complexity index is 884.